The minimum Gasteiger partial charge on any atom is -0.399 e. The number of anilines is 2. The van der Waals surface area contributed by atoms with Crippen molar-refractivity contribution in [3.8, 4) is 0 Å². The summed E-state index contributed by atoms with van der Waals surface area (Å²) >= 11 is 0. The molecule has 0 unspecified atom stereocenters. The summed E-state index contributed by atoms with van der Waals surface area (Å²) in [6.07, 6.45) is 0. The van der Waals surface area contributed by atoms with Crippen LogP contribution in [0.25, 0.3) is 21.8 Å². The molecule has 0 saturated carbocycles. The monoisotopic (exact) mass is 209 g/mol. The van der Waals surface area contributed by atoms with Crippen LogP contribution in [0.1, 0.15) is 0 Å². The van der Waals surface area contributed by atoms with Crippen molar-refractivity contribution in [1.29, 1.82) is 0 Å². The van der Waals surface area contributed by atoms with Crippen LogP contribution in [0.15, 0.2) is 42.5 Å². The molecule has 0 saturated heterocycles. The van der Waals surface area contributed by atoms with Crippen molar-refractivity contribution in [3.05, 3.63) is 42.5 Å². The van der Waals surface area contributed by atoms with E-state index in [0.29, 0.717) is 5.69 Å². The molecule has 0 bridgehead atoms. The summed E-state index contributed by atoms with van der Waals surface area (Å²) in [6.45, 7) is 0. The van der Waals surface area contributed by atoms with Gasteiger partial charge >= 0.3 is 0 Å². The predicted octanol–water partition coefficient (Wildman–Crippen LogP) is 2.55. The number of hydrogen-bond donors (Lipinski definition) is 2. The highest BCUT2D eigenvalue weighted by atomic mass is 14.7. The van der Waals surface area contributed by atoms with Crippen LogP contribution in [0, 0.1) is 0 Å². The number of benzene rings is 2. The second-order valence-electron chi connectivity index (χ2n) is 3.86. The van der Waals surface area contributed by atoms with E-state index in [4.69, 9.17) is 11.5 Å². The first kappa shape index (κ1) is 8.97. The molecule has 2 aromatic carbocycles. The molecular formula is C13H11N3. The SMILES string of the molecule is Nc1ccc2nc3c(N)cccc3cc2c1. The summed E-state index contributed by atoms with van der Waals surface area (Å²) < 4.78 is 0. The van der Waals surface area contributed by atoms with Crippen LogP contribution >= 0.6 is 0 Å². The van der Waals surface area contributed by atoms with Crippen molar-refractivity contribution < 1.29 is 0 Å². The summed E-state index contributed by atoms with van der Waals surface area (Å²) in [6, 6.07) is 13.5. The summed E-state index contributed by atoms with van der Waals surface area (Å²) in [5, 5.41) is 2.08. The van der Waals surface area contributed by atoms with E-state index in [1.54, 1.807) is 0 Å². The van der Waals surface area contributed by atoms with Crippen LogP contribution in [-0.2, 0) is 0 Å². The van der Waals surface area contributed by atoms with E-state index in [1.165, 1.54) is 0 Å². The zero-order valence-electron chi connectivity index (χ0n) is 8.64. The molecule has 0 fully saturated rings. The minimum absolute atomic E-state index is 0.705. The fraction of sp³-hybridized carbons (Fsp3) is 0. The van der Waals surface area contributed by atoms with Gasteiger partial charge in [-0.25, -0.2) is 4.98 Å². The number of fused-ring (bicyclic) bond motifs is 2. The summed E-state index contributed by atoms with van der Waals surface area (Å²) in [5.41, 5.74) is 14.9. The third kappa shape index (κ3) is 1.26. The lowest BCUT2D eigenvalue weighted by molar-refractivity contribution is 1.50. The molecule has 0 amide bonds. The van der Waals surface area contributed by atoms with Crippen molar-refractivity contribution in [2.75, 3.05) is 11.5 Å². The summed E-state index contributed by atoms with van der Waals surface area (Å²) in [7, 11) is 0. The molecule has 0 aliphatic carbocycles. The third-order valence-corrected chi connectivity index (χ3v) is 2.69. The van der Waals surface area contributed by atoms with Gasteiger partial charge in [-0.3, -0.25) is 0 Å². The molecule has 3 nitrogen and oxygen atoms in total. The summed E-state index contributed by atoms with van der Waals surface area (Å²) in [5.74, 6) is 0. The molecule has 3 rings (SSSR count). The van der Waals surface area contributed by atoms with Crippen molar-refractivity contribution in [1.82, 2.24) is 4.98 Å². The quantitative estimate of drug-likeness (QED) is 0.441. The Hall–Kier alpha value is -2.29. The highest BCUT2D eigenvalue weighted by Crippen LogP contribution is 2.24. The maximum Gasteiger partial charge on any atom is 0.0938 e. The van der Waals surface area contributed by atoms with Gasteiger partial charge in [0.2, 0.25) is 0 Å². The van der Waals surface area contributed by atoms with Crippen LogP contribution in [0.3, 0.4) is 0 Å². The molecule has 0 aliphatic heterocycles. The lowest BCUT2D eigenvalue weighted by Crippen LogP contribution is -1.91. The van der Waals surface area contributed by atoms with Crippen molar-refractivity contribution >= 4 is 33.2 Å². The van der Waals surface area contributed by atoms with Gasteiger partial charge in [-0.15, -0.1) is 0 Å². The largest absolute Gasteiger partial charge is 0.399 e. The van der Waals surface area contributed by atoms with Gasteiger partial charge in [0.25, 0.3) is 0 Å². The summed E-state index contributed by atoms with van der Waals surface area (Å²) in [4.78, 5) is 4.54. The molecule has 78 valence electrons. The van der Waals surface area contributed by atoms with E-state index < -0.39 is 0 Å². The van der Waals surface area contributed by atoms with E-state index >= 15 is 0 Å². The van der Waals surface area contributed by atoms with Gasteiger partial charge in [0.1, 0.15) is 0 Å². The van der Waals surface area contributed by atoms with Crippen LogP contribution in [0.2, 0.25) is 0 Å². The van der Waals surface area contributed by atoms with Gasteiger partial charge in [-0.2, -0.15) is 0 Å². The Morgan fingerprint density at radius 2 is 1.75 bits per heavy atom. The molecule has 0 atom stereocenters. The molecule has 0 spiro atoms. The van der Waals surface area contributed by atoms with Gasteiger partial charge < -0.3 is 11.5 Å². The first-order valence-corrected chi connectivity index (χ1v) is 5.08. The molecule has 0 radical (unpaired) electrons. The lowest BCUT2D eigenvalue weighted by Gasteiger charge is -2.04. The molecular weight excluding hydrogens is 198 g/mol. The number of hydrogen-bond acceptors (Lipinski definition) is 3. The van der Waals surface area contributed by atoms with E-state index in [-0.39, 0.29) is 0 Å². The van der Waals surface area contributed by atoms with Crippen molar-refractivity contribution in [2.45, 2.75) is 0 Å². The Balaban J connectivity index is 2.49. The van der Waals surface area contributed by atoms with Crippen molar-refractivity contribution in [2.24, 2.45) is 0 Å². The average molecular weight is 209 g/mol. The Morgan fingerprint density at radius 3 is 2.62 bits per heavy atom. The molecule has 1 heterocycles. The zero-order valence-corrected chi connectivity index (χ0v) is 8.64. The molecule has 3 heteroatoms. The Labute approximate surface area is 92.7 Å². The number of nitrogens with zero attached hydrogens (tertiary/aromatic N) is 1. The van der Waals surface area contributed by atoms with Crippen molar-refractivity contribution in [3.63, 3.8) is 0 Å². The van der Waals surface area contributed by atoms with Crippen LogP contribution in [0.4, 0.5) is 11.4 Å². The highest BCUT2D eigenvalue weighted by Gasteiger charge is 2.02. The second kappa shape index (κ2) is 3.10. The van der Waals surface area contributed by atoms with Gasteiger partial charge in [0, 0.05) is 16.5 Å². The van der Waals surface area contributed by atoms with Crippen LogP contribution < -0.4 is 11.5 Å². The van der Waals surface area contributed by atoms with E-state index in [0.717, 1.165) is 27.5 Å². The molecule has 4 N–H and O–H groups in total. The number of aromatic nitrogens is 1. The first-order chi connectivity index (χ1) is 7.74. The fourth-order valence-corrected chi connectivity index (χ4v) is 1.90. The van der Waals surface area contributed by atoms with Gasteiger partial charge in [0.05, 0.1) is 16.7 Å². The second-order valence-corrected chi connectivity index (χ2v) is 3.86. The van der Waals surface area contributed by atoms with E-state index in [2.05, 4.69) is 11.1 Å². The van der Waals surface area contributed by atoms with Gasteiger partial charge in [0.15, 0.2) is 0 Å². The Kier molecular flexibility index (Phi) is 1.74. The maximum absolute atomic E-state index is 5.89. The highest BCUT2D eigenvalue weighted by molar-refractivity contribution is 5.98. The fourth-order valence-electron chi connectivity index (χ4n) is 1.90. The average Bonchev–Trinajstić information content (AvgIpc) is 2.27. The standard InChI is InChI=1S/C13H11N3/c14-10-4-5-12-9(7-10)6-8-2-1-3-11(15)13(8)16-12/h1-7H,14-15H2. The normalized spacial score (nSPS) is 11.0. The van der Waals surface area contributed by atoms with Gasteiger partial charge in [-0.05, 0) is 30.3 Å². The number of pyridine rings is 1. The Morgan fingerprint density at radius 1 is 0.875 bits per heavy atom. The molecule has 16 heavy (non-hydrogen) atoms. The Bertz CT molecular complexity index is 688. The van der Waals surface area contributed by atoms with Crippen LogP contribution in [-0.4, -0.2) is 4.98 Å². The predicted molar refractivity (Wildman–Crippen MR) is 68.1 cm³/mol. The van der Waals surface area contributed by atoms with Gasteiger partial charge in [-0.1, -0.05) is 12.1 Å². The number of para-hydroxylation sites is 1. The minimum atomic E-state index is 0.705. The maximum atomic E-state index is 5.89. The van der Waals surface area contributed by atoms with E-state index in [1.807, 2.05) is 36.4 Å². The smallest absolute Gasteiger partial charge is 0.0938 e. The molecule has 1 aromatic heterocycles. The number of nitrogens with two attached hydrogens (primary N) is 2. The zero-order chi connectivity index (χ0) is 11.1. The molecule has 0 aliphatic rings. The topological polar surface area (TPSA) is 64.9 Å². The lowest BCUT2D eigenvalue weighted by atomic mass is 10.1. The van der Waals surface area contributed by atoms with E-state index in [9.17, 15) is 0 Å². The van der Waals surface area contributed by atoms with Crippen LogP contribution in [0.5, 0.6) is 0 Å². The molecule has 3 aromatic rings. The first-order valence-electron chi connectivity index (χ1n) is 5.08. The number of nitrogen functional groups attached to an aromatic ring is 2. The number of rotatable bonds is 0. The third-order valence-electron chi connectivity index (χ3n) is 2.69.